The number of amides is 1. The van der Waals surface area contributed by atoms with Gasteiger partial charge in [0.1, 0.15) is 0 Å². The van der Waals surface area contributed by atoms with Gasteiger partial charge in [-0.15, -0.1) is 0 Å². The number of carbonyl (C=O) groups is 1. The summed E-state index contributed by atoms with van der Waals surface area (Å²) in [5.74, 6) is 0.0189. The second-order valence-corrected chi connectivity index (χ2v) is 4.98. The number of methoxy groups -OCH3 is 1. The van der Waals surface area contributed by atoms with Gasteiger partial charge in [-0.3, -0.25) is 4.79 Å². The number of hydrogen-bond donors (Lipinski definition) is 2. The van der Waals surface area contributed by atoms with Crippen molar-refractivity contribution in [2.45, 2.75) is 52.2 Å². The third-order valence-electron chi connectivity index (χ3n) is 1.84. The topological polar surface area (TPSA) is 50.4 Å². The van der Waals surface area contributed by atoms with Gasteiger partial charge in [-0.05, 0) is 34.6 Å². The molecule has 0 aromatic rings. The maximum Gasteiger partial charge on any atom is 0.237 e. The van der Waals surface area contributed by atoms with Crippen molar-refractivity contribution >= 4 is 5.91 Å². The molecule has 4 heteroatoms. The molecule has 0 aliphatic carbocycles. The third-order valence-corrected chi connectivity index (χ3v) is 1.84. The molecule has 0 saturated carbocycles. The fraction of sp³-hybridized carbons (Fsp3) is 0.909. The Hall–Kier alpha value is -0.610. The third kappa shape index (κ3) is 7.33. The fourth-order valence-electron chi connectivity index (χ4n) is 1.28. The van der Waals surface area contributed by atoms with Gasteiger partial charge in [0.05, 0.1) is 12.6 Å². The average Bonchev–Trinajstić information content (AvgIpc) is 2.00. The smallest absolute Gasteiger partial charge is 0.237 e. The Balaban J connectivity index is 3.99. The van der Waals surface area contributed by atoms with E-state index in [4.69, 9.17) is 4.74 Å². The molecule has 2 unspecified atom stereocenters. The summed E-state index contributed by atoms with van der Waals surface area (Å²) in [6.07, 6.45) is 0. The van der Waals surface area contributed by atoms with Gasteiger partial charge in [-0.2, -0.15) is 0 Å². The molecule has 0 fully saturated rings. The Morgan fingerprint density at radius 1 is 1.33 bits per heavy atom. The highest BCUT2D eigenvalue weighted by Crippen LogP contribution is 1.99. The molecule has 0 saturated heterocycles. The van der Waals surface area contributed by atoms with E-state index in [-0.39, 0.29) is 23.5 Å². The van der Waals surface area contributed by atoms with Crippen LogP contribution in [-0.4, -0.2) is 37.2 Å². The number of rotatable bonds is 5. The molecule has 0 rings (SSSR count). The molecule has 0 aromatic heterocycles. The molecule has 2 atom stereocenters. The minimum Gasteiger partial charge on any atom is -0.383 e. The summed E-state index contributed by atoms with van der Waals surface area (Å²) in [7, 11) is 1.65. The quantitative estimate of drug-likeness (QED) is 0.718. The van der Waals surface area contributed by atoms with E-state index in [1.807, 2.05) is 34.6 Å². The Morgan fingerprint density at radius 2 is 1.87 bits per heavy atom. The van der Waals surface area contributed by atoms with Crippen LogP contribution in [0.25, 0.3) is 0 Å². The second-order valence-electron chi connectivity index (χ2n) is 4.98. The first-order valence-corrected chi connectivity index (χ1v) is 5.33. The van der Waals surface area contributed by atoms with Gasteiger partial charge in [-0.25, -0.2) is 0 Å². The lowest BCUT2D eigenvalue weighted by atomic mass is 10.1. The van der Waals surface area contributed by atoms with E-state index in [2.05, 4.69) is 10.6 Å². The first-order valence-electron chi connectivity index (χ1n) is 5.33. The van der Waals surface area contributed by atoms with Crippen LogP contribution >= 0.6 is 0 Å². The zero-order valence-electron chi connectivity index (χ0n) is 10.7. The highest BCUT2D eigenvalue weighted by Gasteiger charge is 2.20. The highest BCUT2D eigenvalue weighted by atomic mass is 16.5. The summed E-state index contributed by atoms with van der Waals surface area (Å²) in [4.78, 5) is 11.7. The molecular weight excluding hydrogens is 192 g/mol. The van der Waals surface area contributed by atoms with E-state index in [1.54, 1.807) is 7.11 Å². The second kappa shape index (κ2) is 6.08. The molecule has 0 aliphatic rings. The van der Waals surface area contributed by atoms with Crippen LogP contribution in [0.2, 0.25) is 0 Å². The Morgan fingerprint density at radius 3 is 2.27 bits per heavy atom. The fourth-order valence-corrected chi connectivity index (χ4v) is 1.28. The van der Waals surface area contributed by atoms with Crippen molar-refractivity contribution in [1.82, 2.24) is 10.6 Å². The molecule has 0 aliphatic heterocycles. The number of ether oxygens (including phenoxy) is 1. The van der Waals surface area contributed by atoms with Gasteiger partial charge >= 0.3 is 0 Å². The summed E-state index contributed by atoms with van der Waals surface area (Å²) in [5, 5.41) is 6.09. The van der Waals surface area contributed by atoms with E-state index in [9.17, 15) is 4.79 Å². The van der Waals surface area contributed by atoms with Crippen LogP contribution in [0.3, 0.4) is 0 Å². The van der Waals surface area contributed by atoms with E-state index >= 15 is 0 Å². The first-order chi connectivity index (χ1) is 6.76. The predicted octanol–water partition coefficient (Wildman–Crippen LogP) is 0.914. The van der Waals surface area contributed by atoms with Gasteiger partial charge < -0.3 is 15.4 Å². The largest absolute Gasteiger partial charge is 0.383 e. The standard InChI is InChI=1S/C11H24N2O2/c1-8(7-15-6)12-9(2)10(14)13-11(3,4)5/h8-9,12H,7H2,1-6H3,(H,13,14). The lowest BCUT2D eigenvalue weighted by Crippen LogP contribution is -2.52. The van der Waals surface area contributed by atoms with Crippen LogP contribution in [-0.2, 0) is 9.53 Å². The predicted molar refractivity (Wildman–Crippen MR) is 61.8 cm³/mol. The van der Waals surface area contributed by atoms with Crippen LogP contribution in [0.5, 0.6) is 0 Å². The zero-order valence-corrected chi connectivity index (χ0v) is 10.7. The molecule has 2 N–H and O–H groups in total. The van der Waals surface area contributed by atoms with Crippen molar-refractivity contribution in [3.8, 4) is 0 Å². The summed E-state index contributed by atoms with van der Waals surface area (Å²) < 4.78 is 4.99. The summed E-state index contributed by atoms with van der Waals surface area (Å²) >= 11 is 0. The summed E-state index contributed by atoms with van der Waals surface area (Å²) in [6, 6.07) is -0.0231. The van der Waals surface area contributed by atoms with Crippen molar-refractivity contribution in [2.75, 3.05) is 13.7 Å². The van der Waals surface area contributed by atoms with E-state index in [1.165, 1.54) is 0 Å². The molecule has 0 heterocycles. The molecule has 0 bridgehead atoms. The SMILES string of the molecule is COCC(C)NC(C)C(=O)NC(C)(C)C. The average molecular weight is 216 g/mol. The number of nitrogens with one attached hydrogen (secondary N) is 2. The minimum atomic E-state index is -0.200. The molecule has 0 aromatic carbocycles. The lowest BCUT2D eigenvalue weighted by molar-refractivity contribution is -0.124. The van der Waals surface area contributed by atoms with Gasteiger partial charge in [0, 0.05) is 18.7 Å². The summed E-state index contributed by atoms with van der Waals surface area (Å²) in [5.41, 5.74) is -0.183. The minimum absolute atomic E-state index is 0.0189. The number of carbonyl (C=O) groups excluding carboxylic acids is 1. The molecule has 4 nitrogen and oxygen atoms in total. The van der Waals surface area contributed by atoms with Gasteiger partial charge in [0.15, 0.2) is 0 Å². The van der Waals surface area contributed by atoms with E-state index < -0.39 is 0 Å². The van der Waals surface area contributed by atoms with Gasteiger partial charge in [0.2, 0.25) is 5.91 Å². The van der Waals surface area contributed by atoms with Gasteiger partial charge in [-0.1, -0.05) is 0 Å². The van der Waals surface area contributed by atoms with Crippen LogP contribution in [0.4, 0.5) is 0 Å². The van der Waals surface area contributed by atoms with Crippen molar-refractivity contribution < 1.29 is 9.53 Å². The van der Waals surface area contributed by atoms with Crippen LogP contribution < -0.4 is 10.6 Å². The van der Waals surface area contributed by atoms with Crippen molar-refractivity contribution in [2.24, 2.45) is 0 Å². The monoisotopic (exact) mass is 216 g/mol. The van der Waals surface area contributed by atoms with Crippen LogP contribution in [0, 0.1) is 0 Å². The van der Waals surface area contributed by atoms with Crippen molar-refractivity contribution in [3.05, 3.63) is 0 Å². The van der Waals surface area contributed by atoms with Gasteiger partial charge in [0.25, 0.3) is 0 Å². The van der Waals surface area contributed by atoms with Crippen LogP contribution in [0.1, 0.15) is 34.6 Å². The molecule has 15 heavy (non-hydrogen) atoms. The number of hydrogen-bond acceptors (Lipinski definition) is 3. The zero-order chi connectivity index (χ0) is 12.1. The molecule has 90 valence electrons. The summed E-state index contributed by atoms with van der Waals surface area (Å²) in [6.45, 7) is 10.4. The normalized spacial score (nSPS) is 15.9. The maximum atomic E-state index is 11.7. The Kier molecular flexibility index (Phi) is 5.83. The van der Waals surface area contributed by atoms with E-state index in [0.717, 1.165) is 0 Å². The Bertz CT molecular complexity index is 199. The molecule has 0 spiro atoms. The van der Waals surface area contributed by atoms with Crippen LogP contribution in [0.15, 0.2) is 0 Å². The van der Waals surface area contributed by atoms with Crippen molar-refractivity contribution in [3.63, 3.8) is 0 Å². The first kappa shape index (κ1) is 14.4. The molecular formula is C11H24N2O2. The lowest BCUT2D eigenvalue weighted by Gasteiger charge is -2.25. The van der Waals surface area contributed by atoms with Crippen molar-refractivity contribution in [1.29, 1.82) is 0 Å². The molecule has 0 radical (unpaired) electrons. The van der Waals surface area contributed by atoms with E-state index in [0.29, 0.717) is 6.61 Å². The molecule has 1 amide bonds. The maximum absolute atomic E-state index is 11.7. The highest BCUT2D eigenvalue weighted by molar-refractivity contribution is 5.81. The Labute approximate surface area is 92.8 Å².